The zero-order valence-electron chi connectivity index (χ0n) is 12.2. The molecule has 0 saturated heterocycles. The summed E-state index contributed by atoms with van der Waals surface area (Å²) in [4.78, 5) is 22.3. The Labute approximate surface area is 127 Å². The second-order valence-electron chi connectivity index (χ2n) is 5.16. The van der Waals surface area contributed by atoms with Crippen LogP contribution in [0, 0.1) is 13.8 Å². The van der Waals surface area contributed by atoms with Crippen LogP contribution in [-0.4, -0.2) is 15.9 Å². The minimum absolute atomic E-state index is 0.0511. The van der Waals surface area contributed by atoms with Crippen molar-refractivity contribution in [1.82, 2.24) is 15.3 Å². The number of hydrogen-bond acceptors (Lipinski definition) is 3. The third-order valence-electron chi connectivity index (χ3n) is 3.45. The van der Waals surface area contributed by atoms with E-state index in [4.69, 9.17) is 0 Å². The third kappa shape index (κ3) is 2.69. The summed E-state index contributed by atoms with van der Waals surface area (Å²) >= 11 is 1.64. The van der Waals surface area contributed by atoms with Gasteiger partial charge in [0, 0.05) is 9.75 Å². The van der Waals surface area contributed by atoms with Gasteiger partial charge in [-0.25, -0.2) is 4.98 Å². The number of aromatic amines is 1. The molecule has 0 radical (unpaired) electrons. The molecule has 0 spiro atoms. The van der Waals surface area contributed by atoms with Crippen LogP contribution >= 0.6 is 11.3 Å². The van der Waals surface area contributed by atoms with Gasteiger partial charge in [-0.15, -0.1) is 11.3 Å². The van der Waals surface area contributed by atoms with E-state index < -0.39 is 0 Å². The summed E-state index contributed by atoms with van der Waals surface area (Å²) in [7, 11) is 0. The lowest BCUT2D eigenvalue weighted by Crippen LogP contribution is -2.27. The zero-order valence-corrected chi connectivity index (χ0v) is 13.0. The molecule has 21 heavy (non-hydrogen) atoms. The molecule has 108 valence electrons. The smallest absolute Gasteiger partial charge is 0.252 e. The van der Waals surface area contributed by atoms with Crippen molar-refractivity contribution in [2.24, 2.45) is 0 Å². The van der Waals surface area contributed by atoms with E-state index in [1.165, 1.54) is 0 Å². The molecule has 0 bridgehead atoms. The second-order valence-corrected chi connectivity index (χ2v) is 6.62. The van der Waals surface area contributed by atoms with Crippen molar-refractivity contribution in [2.75, 3.05) is 0 Å². The van der Waals surface area contributed by atoms with E-state index in [1.54, 1.807) is 11.3 Å². The van der Waals surface area contributed by atoms with Gasteiger partial charge in [0.15, 0.2) is 0 Å². The van der Waals surface area contributed by atoms with E-state index in [9.17, 15) is 4.79 Å². The maximum atomic E-state index is 12.3. The van der Waals surface area contributed by atoms with E-state index in [0.29, 0.717) is 0 Å². The summed E-state index contributed by atoms with van der Waals surface area (Å²) in [6.45, 7) is 5.92. The van der Waals surface area contributed by atoms with Crippen LogP contribution in [0.25, 0.3) is 11.0 Å². The van der Waals surface area contributed by atoms with Crippen molar-refractivity contribution in [3.63, 3.8) is 0 Å². The topological polar surface area (TPSA) is 57.8 Å². The molecule has 2 heterocycles. The van der Waals surface area contributed by atoms with Crippen LogP contribution in [0.1, 0.15) is 38.9 Å². The molecule has 0 aliphatic carbocycles. The Morgan fingerprint density at radius 1 is 1.33 bits per heavy atom. The highest BCUT2D eigenvalue weighted by atomic mass is 32.1. The van der Waals surface area contributed by atoms with Gasteiger partial charge in [0.25, 0.3) is 5.91 Å². The number of carbonyl (C=O) groups is 1. The number of thiophene rings is 1. The summed E-state index contributed by atoms with van der Waals surface area (Å²) in [6.07, 6.45) is 0. The molecule has 0 unspecified atom stereocenters. The molecular formula is C16H17N3OS. The van der Waals surface area contributed by atoms with Crippen LogP contribution in [0.2, 0.25) is 0 Å². The molecule has 0 aliphatic heterocycles. The van der Waals surface area contributed by atoms with Crippen LogP contribution in [0.4, 0.5) is 0 Å². The quantitative estimate of drug-likeness (QED) is 0.774. The summed E-state index contributed by atoms with van der Waals surface area (Å²) in [5.41, 5.74) is 2.65. The second kappa shape index (κ2) is 5.33. The summed E-state index contributed by atoms with van der Waals surface area (Å²) < 4.78 is 0. The highest BCUT2D eigenvalue weighted by Gasteiger charge is 2.17. The molecule has 2 aromatic heterocycles. The third-order valence-corrected chi connectivity index (χ3v) is 4.42. The minimum atomic E-state index is -0.162. The number of fused-ring (bicyclic) bond motifs is 1. The monoisotopic (exact) mass is 299 g/mol. The van der Waals surface area contributed by atoms with Gasteiger partial charge in [-0.3, -0.25) is 4.79 Å². The van der Waals surface area contributed by atoms with Gasteiger partial charge in [-0.2, -0.15) is 0 Å². The molecule has 4 nitrogen and oxygen atoms in total. The van der Waals surface area contributed by atoms with Crippen LogP contribution in [-0.2, 0) is 0 Å². The number of hydrogen-bond donors (Lipinski definition) is 2. The Kier molecular flexibility index (Phi) is 3.51. The molecular weight excluding hydrogens is 282 g/mol. The Bertz CT molecular complexity index is 770. The number of rotatable bonds is 3. The Hall–Kier alpha value is -2.14. The molecule has 0 aliphatic rings. The fraction of sp³-hybridized carbons (Fsp3) is 0.250. The Morgan fingerprint density at radius 2 is 2.10 bits per heavy atom. The predicted octanol–water partition coefficient (Wildman–Crippen LogP) is 3.73. The normalized spacial score (nSPS) is 12.5. The highest BCUT2D eigenvalue weighted by molar-refractivity contribution is 7.12. The zero-order chi connectivity index (χ0) is 15.0. The van der Waals surface area contributed by atoms with Crippen molar-refractivity contribution in [1.29, 1.82) is 0 Å². The fourth-order valence-corrected chi connectivity index (χ4v) is 3.30. The summed E-state index contributed by atoms with van der Waals surface area (Å²) in [6, 6.07) is 9.62. The molecule has 0 saturated carbocycles. The molecule has 1 atom stereocenters. The maximum absolute atomic E-state index is 12.3. The van der Waals surface area contributed by atoms with Gasteiger partial charge in [0.05, 0.1) is 22.6 Å². The lowest BCUT2D eigenvalue weighted by atomic mass is 10.2. The predicted molar refractivity (Wildman–Crippen MR) is 85.8 cm³/mol. The average molecular weight is 299 g/mol. The number of nitrogens with zero attached hydrogens (tertiary/aromatic N) is 1. The molecule has 5 heteroatoms. The molecule has 2 N–H and O–H groups in total. The van der Waals surface area contributed by atoms with Gasteiger partial charge in [0.1, 0.15) is 5.82 Å². The molecule has 3 aromatic rings. The fourth-order valence-electron chi connectivity index (χ4n) is 2.38. The van der Waals surface area contributed by atoms with Gasteiger partial charge >= 0.3 is 0 Å². The van der Waals surface area contributed by atoms with Gasteiger partial charge < -0.3 is 10.3 Å². The van der Waals surface area contributed by atoms with Crippen LogP contribution in [0.15, 0.2) is 30.3 Å². The lowest BCUT2D eigenvalue weighted by Gasteiger charge is -2.11. The first-order valence-electron chi connectivity index (χ1n) is 6.87. The number of nitrogens with one attached hydrogen (secondary N) is 2. The van der Waals surface area contributed by atoms with E-state index in [-0.39, 0.29) is 11.9 Å². The van der Waals surface area contributed by atoms with Crippen molar-refractivity contribution in [3.05, 3.63) is 51.5 Å². The standard InChI is InChI=1S/C16H17N3OS/c1-9-8-12(11(3)21-9)16(20)17-10(2)15-18-13-6-4-5-7-14(13)19-15/h4-8,10H,1-3H3,(H,17,20)(H,18,19)/t10-/m1/s1. The average Bonchev–Trinajstić information content (AvgIpc) is 3.01. The number of aryl methyl sites for hydroxylation is 2. The summed E-state index contributed by atoms with van der Waals surface area (Å²) in [5.74, 6) is 0.721. The number of H-pyrrole nitrogens is 1. The summed E-state index contributed by atoms with van der Waals surface area (Å²) in [5, 5.41) is 3.00. The van der Waals surface area contributed by atoms with E-state index in [2.05, 4.69) is 15.3 Å². The first-order chi connectivity index (χ1) is 10.0. The van der Waals surface area contributed by atoms with E-state index >= 15 is 0 Å². The number of imidazole rings is 1. The molecule has 1 amide bonds. The van der Waals surface area contributed by atoms with Gasteiger partial charge in [-0.05, 0) is 39.0 Å². The SMILES string of the molecule is Cc1cc(C(=O)N[C@H](C)c2nc3ccccc3[nH]2)c(C)s1. The number of aromatic nitrogens is 2. The number of para-hydroxylation sites is 2. The van der Waals surface area contributed by atoms with Crippen LogP contribution in [0.3, 0.4) is 0 Å². The van der Waals surface area contributed by atoms with Gasteiger partial charge in [0.2, 0.25) is 0 Å². The van der Waals surface area contributed by atoms with Crippen molar-refractivity contribution in [3.8, 4) is 0 Å². The van der Waals surface area contributed by atoms with Crippen LogP contribution in [0.5, 0.6) is 0 Å². The number of carbonyl (C=O) groups excluding carboxylic acids is 1. The number of amides is 1. The Morgan fingerprint density at radius 3 is 2.76 bits per heavy atom. The first kappa shape index (κ1) is 13.8. The molecule has 1 aromatic carbocycles. The largest absolute Gasteiger partial charge is 0.342 e. The van der Waals surface area contributed by atoms with Crippen molar-refractivity contribution in [2.45, 2.75) is 26.8 Å². The lowest BCUT2D eigenvalue weighted by molar-refractivity contribution is 0.0938. The highest BCUT2D eigenvalue weighted by Crippen LogP contribution is 2.22. The van der Waals surface area contributed by atoms with E-state index in [0.717, 1.165) is 32.2 Å². The Balaban J connectivity index is 1.81. The first-order valence-corrected chi connectivity index (χ1v) is 7.69. The molecule has 0 fully saturated rings. The molecule has 3 rings (SSSR count). The van der Waals surface area contributed by atoms with Gasteiger partial charge in [-0.1, -0.05) is 12.1 Å². The van der Waals surface area contributed by atoms with Crippen molar-refractivity contribution < 1.29 is 4.79 Å². The van der Waals surface area contributed by atoms with E-state index in [1.807, 2.05) is 51.1 Å². The number of benzene rings is 1. The van der Waals surface area contributed by atoms with Crippen LogP contribution < -0.4 is 5.32 Å². The minimum Gasteiger partial charge on any atom is -0.342 e. The van der Waals surface area contributed by atoms with Crippen molar-refractivity contribution >= 4 is 28.3 Å². The maximum Gasteiger partial charge on any atom is 0.252 e.